The summed E-state index contributed by atoms with van der Waals surface area (Å²) in [4.78, 5) is 16.9. The molecule has 0 fully saturated rings. The van der Waals surface area contributed by atoms with E-state index in [2.05, 4.69) is 15.4 Å². The standard InChI is InChI=1S/C18H13ClN4OS/c1-11-8-16(18(24)20-14-4-2-13(19)3-5-14)21-17-9-15(22-23(11)17)12-6-7-25-10-12/h2-10H,1H3,(H,20,24). The summed E-state index contributed by atoms with van der Waals surface area (Å²) in [6, 6.07) is 12.6. The van der Waals surface area contributed by atoms with Gasteiger partial charge in [-0.3, -0.25) is 4.79 Å². The molecule has 0 radical (unpaired) electrons. The van der Waals surface area contributed by atoms with Gasteiger partial charge >= 0.3 is 0 Å². The van der Waals surface area contributed by atoms with Gasteiger partial charge in [0, 0.05) is 33.4 Å². The fourth-order valence-electron chi connectivity index (χ4n) is 2.52. The summed E-state index contributed by atoms with van der Waals surface area (Å²) in [7, 11) is 0. The van der Waals surface area contributed by atoms with Crippen LogP contribution in [0.1, 0.15) is 16.2 Å². The van der Waals surface area contributed by atoms with Crippen LogP contribution in [0.5, 0.6) is 0 Å². The Kier molecular flexibility index (Phi) is 3.99. The lowest BCUT2D eigenvalue weighted by molar-refractivity contribution is 0.102. The Morgan fingerprint density at radius 1 is 1.20 bits per heavy atom. The van der Waals surface area contributed by atoms with Crippen LogP contribution < -0.4 is 5.32 Å². The molecule has 25 heavy (non-hydrogen) atoms. The first-order valence-electron chi connectivity index (χ1n) is 7.57. The molecule has 0 aliphatic rings. The molecule has 7 heteroatoms. The normalized spacial score (nSPS) is 11.0. The molecule has 0 atom stereocenters. The van der Waals surface area contributed by atoms with Crippen molar-refractivity contribution in [2.24, 2.45) is 0 Å². The molecule has 5 nitrogen and oxygen atoms in total. The van der Waals surface area contributed by atoms with Crippen LogP contribution >= 0.6 is 22.9 Å². The van der Waals surface area contributed by atoms with E-state index < -0.39 is 0 Å². The number of amides is 1. The van der Waals surface area contributed by atoms with Crippen molar-refractivity contribution >= 4 is 40.2 Å². The summed E-state index contributed by atoms with van der Waals surface area (Å²) >= 11 is 7.48. The average Bonchev–Trinajstić information content (AvgIpc) is 3.25. The summed E-state index contributed by atoms with van der Waals surface area (Å²) in [6.45, 7) is 1.90. The fourth-order valence-corrected chi connectivity index (χ4v) is 3.30. The minimum atomic E-state index is -0.272. The molecule has 0 aliphatic heterocycles. The molecular formula is C18H13ClN4OS. The first-order valence-corrected chi connectivity index (χ1v) is 8.89. The molecule has 0 aliphatic carbocycles. The lowest BCUT2D eigenvalue weighted by Crippen LogP contribution is -2.15. The van der Waals surface area contributed by atoms with Gasteiger partial charge in [0.25, 0.3) is 5.91 Å². The Bertz CT molecular complexity index is 1050. The van der Waals surface area contributed by atoms with Crippen LogP contribution in [-0.2, 0) is 0 Å². The van der Waals surface area contributed by atoms with Gasteiger partial charge in [0.05, 0.1) is 5.69 Å². The van der Waals surface area contributed by atoms with E-state index in [-0.39, 0.29) is 5.91 Å². The summed E-state index contributed by atoms with van der Waals surface area (Å²) in [6.07, 6.45) is 0. The van der Waals surface area contributed by atoms with Crippen molar-refractivity contribution in [3.05, 3.63) is 69.6 Å². The smallest absolute Gasteiger partial charge is 0.274 e. The van der Waals surface area contributed by atoms with E-state index in [0.717, 1.165) is 17.0 Å². The van der Waals surface area contributed by atoms with E-state index in [9.17, 15) is 4.79 Å². The van der Waals surface area contributed by atoms with Crippen LogP contribution in [0.25, 0.3) is 16.9 Å². The summed E-state index contributed by atoms with van der Waals surface area (Å²) in [5.41, 5.74) is 4.38. The first-order chi connectivity index (χ1) is 12.1. The van der Waals surface area contributed by atoms with Crippen LogP contribution in [0.2, 0.25) is 5.02 Å². The number of aromatic nitrogens is 3. The molecule has 1 amide bonds. The number of thiophene rings is 1. The Balaban J connectivity index is 1.67. The zero-order valence-corrected chi connectivity index (χ0v) is 14.8. The van der Waals surface area contributed by atoms with Gasteiger partial charge in [0.2, 0.25) is 0 Å². The van der Waals surface area contributed by atoms with Crippen molar-refractivity contribution < 1.29 is 4.79 Å². The Morgan fingerprint density at radius 2 is 2.00 bits per heavy atom. The minimum absolute atomic E-state index is 0.272. The maximum Gasteiger partial charge on any atom is 0.274 e. The lowest BCUT2D eigenvalue weighted by Gasteiger charge is -2.06. The zero-order valence-electron chi connectivity index (χ0n) is 13.2. The molecule has 0 unspecified atom stereocenters. The van der Waals surface area contributed by atoms with E-state index >= 15 is 0 Å². The lowest BCUT2D eigenvalue weighted by atomic mass is 10.2. The van der Waals surface area contributed by atoms with Crippen molar-refractivity contribution in [3.63, 3.8) is 0 Å². The van der Waals surface area contributed by atoms with Gasteiger partial charge < -0.3 is 5.32 Å². The predicted molar refractivity (Wildman–Crippen MR) is 100 cm³/mol. The number of fused-ring (bicyclic) bond motifs is 1. The number of rotatable bonds is 3. The molecular weight excluding hydrogens is 356 g/mol. The number of benzene rings is 1. The van der Waals surface area contributed by atoms with Gasteiger partial charge in [-0.05, 0) is 48.7 Å². The SMILES string of the molecule is Cc1cc(C(=O)Nc2ccc(Cl)cc2)nc2cc(-c3ccsc3)nn12. The number of anilines is 1. The first kappa shape index (κ1) is 15.8. The van der Waals surface area contributed by atoms with Crippen molar-refractivity contribution in [1.29, 1.82) is 0 Å². The summed E-state index contributed by atoms with van der Waals surface area (Å²) in [5, 5.41) is 12.0. The molecule has 0 saturated carbocycles. The highest BCUT2D eigenvalue weighted by Crippen LogP contribution is 2.22. The fraction of sp³-hybridized carbons (Fsp3) is 0.0556. The Hall–Kier alpha value is -2.70. The molecule has 3 heterocycles. The number of hydrogen-bond acceptors (Lipinski definition) is 4. The highest BCUT2D eigenvalue weighted by Gasteiger charge is 2.13. The quantitative estimate of drug-likeness (QED) is 0.571. The van der Waals surface area contributed by atoms with Gasteiger partial charge in [-0.1, -0.05) is 11.6 Å². The molecule has 4 rings (SSSR count). The van der Waals surface area contributed by atoms with Crippen molar-refractivity contribution in [2.45, 2.75) is 6.92 Å². The van der Waals surface area contributed by atoms with Crippen molar-refractivity contribution in [3.8, 4) is 11.3 Å². The van der Waals surface area contributed by atoms with E-state index in [0.29, 0.717) is 22.1 Å². The van der Waals surface area contributed by atoms with Gasteiger partial charge in [-0.15, -0.1) is 0 Å². The third-order valence-corrected chi connectivity index (χ3v) is 4.69. The van der Waals surface area contributed by atoms with Crippen LogP contribution in [-0.4, -0.2) is 20.5 Å². The van der Waals surface area contributed by atoms with Crippen molar-refractivity contribution in [1.82, 2.24) is 14.6 Å². The summed E-state index contributed by atoms with van der Waals surface area (Å²) < 4.78 is 1.74. The second kappa shape index (κ2) is 6.31. The highest BCUT2D eigenvalue weighted by molar-refractivity contribution is 7.08. The number of aryl methyl sites for hydroxylation is 1. The largest absolute Gasteiger partial charge is 0.321 e. The van der Waals surface area contributed by atoms with E-state index in [4.69, 9.17) is 11.6 Å². The van der Waals surface area contributed by atoms with E-state index in [1.807, 2.05) is 29.8 Å². The summed E-state index contributed by atoms with van der Waals surface area (Å²) in [5.74, 6) is -0.272. The average molecular weight is 369 g/mol. The molecule has 3 aromatic heterocycles. The second-order valence-electron chi connectivity index (χ2n) is 5.56. The van der Waals surface area contributed by atoms with E-state index in [1.165, 1.54) is 0 Å². The Labute approximate surface area is 152 Å². The Morgan fingerprint density at radius 3 is 2.72 bits per heavy atom. The number of carbonyl (C=O) groups is 1. The van der Waals surface area contributed by atoms with Crippen LogP contribution in [0, 0.1) is 6.92 Å². The minimum Gasteiger partial charge on any atom is -0.321 e. The molecule has 0 saturated heterocycles. The van der Waals surface area contributed by atoms with Crippen molar-refractivity contribution in [2.75, 3.05) is 5.32 Å². The van der Waals surface area contributed by atoms with Crippen LogP contribution in [0.4, 0.5) is 5.69 Å². The molecule has 4 aromatic rings. The monoisotopic (exact) mass is 368 g/mol. The third-order valence-electron chi connectivity index (χ3n) is 3.76. The molecule has 124 valence electrons. The molecule has 1 aromatic carbocycles. The van der Waals surface area contributed by atoms with Gasteiger partial charge in [-0.25, -0.2) is 9.50 Å². The third kappa shape index (κ3) is 3.14. The number of nitrogens with zero attached hydrogens (tertiary/aromatic N) is 3. The molecule has 1 N–H and O–H groups in total. The number of nitrogens with one attached hydrogen (secondary N) is 1. The van der Waals surface area contributed by atoms with Crippen LogP contribution in [0.3, 0.4) is 0 Å². The van der Waals surface area contributed by atoms with Crippen LogP contribution in [0.15, 0.2) is 53.2 Å². The molecule has 0 bridgehead atoms. The maximum atomic E-state index is 12.5. The van der Waals surface area contributed by atoms with Gasteiger partial charge in [0.15, 0.2) is 5.65 Å². The molecule has 0 spiro atoms. The van der Waals surface area contributed by atoms with E-state index in [1.54, 1.807) is 46.2 Å². The zero-order chi connectivity index (χ0) is 17.4. The predicted octanol–water partition coefficient (Wildman–Crippen LogP) is 4.67. The topological polar surface area (TPSA) is 59.3 Å². The highest BCUT2D eigenvalue weighted by atomic mass is 35.5. The number of hydrogen-bond donors (Lipinski definition) is 1. The number of carbonyl (C=O) groups excluding carboxylic acids is 1. The number of halogens is 1. The van der Waals surface area contributed by atoms with Gasteiger partial charge in [0.1, 0.15) is 5.69 Å². The second-order valence-corrected chi connectivity index (χ2v) is 6.77. The van der Waals surface area contributed by atoms with Gasteiger partial charge in [-0.2, -0.15) is 16.4 Å². The maximum absolute atomic E-state index is 12.5.